The highest BCUT2D eigenvalue weighted by Gasteiger charge is 2.16. The molecule has 1 heterocycles. The van der Waals surface area contributed by atoms with Gasteiger partial charge in [-0.25, -0.2) is 8.42 Å². The second-order valence-corrected chi connectivity index (χ2v) is 5.71. The summed E-state index contributed by atoms with van der Waals surface area (Å²) < 4.78 is 22.7. The maximum atomic E-state index is 11.4. The molecule has 0 atom stereocenters. The minimum absolute atomic E-state index is 0.0304. The maximum absolute atomic E-state index is 11.4. The third-order valence-corrected chi connectivity index (χ3v) is 3.48. The van der Waals surface area contributed by atoms with Crippen molar-refractivity contribution in [1.82, 2.24) is 4.98 Å². The molecule has 0 amide bonds. The Morgan fingerprint density at radius 1 is 1.06 bits per heavy atom. The van der Waals surface area contributed by atoms with E-state index in [2.05, 4.69) is 4.98 Å². The van der Waals surface area contributed by atoms with Crippen LogP contribution in [-0.4, -0.2) is 13.4 Å². The summed E-state index contributed by atoms with van der Waals surface area (Å²) in [6.07, 6.45) is 2.79. The number of rotatable bonds is 2. The van der Waals surface area contributed by atoms with Gasteiger partial charge < -0.3 is 0 Å². The van der Waals surface area contributed by atoms with Crippen molar-refractivity contribution in [3.05, 3.63) is 48.8 Å². The largest absolute Gasteiger partial charge is 0.263 e. The first-order valence-electron chi connectivity index (χ1n) is 4.53. The molecule has 0 fully saturated rings. The molecule has 82 valence electrons. The van der Waals surface area contributed by atoms with Gasteiger partial charge in [-0.15, -0.1) is 0 Å². The van der Waals surface area contributed by atoms with Crippen LogP contribution in [0.1, 0.15) is 0 Å². The van der Waals surface area contributed by atoms with Gasteiger partial charge in [0.25, 0.3) is 9.05 Å². The summed E-state index contributed by atoms with van der Waals surface area (Å²) in [5, 5.41) is 0. The average Bonchev–Trinajstić information content (AvgIpc) is 2.29. The van der Waals surface area contributed by atoms with Gasteiger partial charge in [0.05, 0.1) is 0 Å². The van der Waals surface area contributed by atoms with E-state index >= 15 is 0 Å². The predicted molar refractivity (Wildman–Crippen MR) is 62.7 cm³/mol. The first-order chi connectivity index (χ1) is 7.59. The van der Waals surface area contributed by atoms with Crippen molar-refractivity contribution in [1.29, 1.82) is 0 Å². The Morgan fingerprint density at radius 3 is 2.38 bits per heavy atom. The summed E-state index contributed by atoms with van der Waals surface area (Å²) in [5.41, 5.74) is 1.36. The second-order valence-electron chi connectivity index (χ2n) is 3.18. The van der Waals surface area contributed by atoms with E-state index in [0.717, 1.165) is 5.56 Å². The van der Waals surface area contributed by atoms with Crippen LogP contribution in [-0.2, 0) is 9.05 Å². The summed E-state index contributed by atoms with van der Waals surface area (Å²) in [7, 11) is 1.57. The van der Waals surface area contributed by atoms with Crippen molar-refractivity contribution in [2.45, 2.75) is 4.90 Å². The average molecular weight is 254 g/mol. The molecular formula is C11H8ClNO2S. The van der Waals surface area contributed by atoms with E-state index in [0.29, 0.717) is 5.56 Å². The van der Waals surface area contributed by atoms with E-state index in [4.69, 9.17) is 10.7 Å². The maximum Gasteiger partial charge on any atom is 0.263 e. The molecule has 2 aromatic rings. The van der Waals surface area contributed by atoms with Gasteiger partial charge in [-0.1, -0.05) is 30.3 Å². The molecule has 0 radical (unpaired) electrons. The second kappa shape index (κ2) is 4.23. The quantitative estimate of drug-likeness (QED) is 0.773. The molecule has 0 N–H and O–H groups in total. The van der Waals surface area contributed by atoms with E-state index in [1.807, 2.05) is 30.3 Å². The number of nitrogens with zero attached hydrogens (tertiary/aromatic N) is 1. The number of halogens is 1. The van der Waals surface area contributed by atoms with Gasteiger partial charge in [0.1, 0.15) is 4.90 Å². The lowest BCUT2D eigenvalue weighted by molar-refractivity contribution is 0.609. The van der Waals surface area contributed by atoms with Gasteiger partial charge in [-0.2, -0.15) is 0 Å². The minimum Gasteiger partial charge on any atom is -0.263 e. The van der Waals surface area contributed by atoms with Crippen molar-refractivity contribution in [2.75, 3.05) is 0 Å². The van der Waals surface area contributed by atoms with E-state index in [9.17, 15) is 8.42 Å². The Morgan fingerprint density at radius 2 is 1.75 bits per heavy atom. The number of hydrogen-bond donors (Lipinski definition) is 0. The Kier molecular flexibility index (Phi) is 2.94. The molecule has 5 heteroatoms. The lowest BCUT2D eigenvalue weighted by atomic mass is 10.1. The van der Waals surface area contributed by atoms with E-state index < -0.39 is 9.05 Å². The summed E-state index contributed by atoms with van der Waals surface area (Å²) in [5.74, 6) is 0. The van der Waals surface area contributed by atoms with Crippen molar-refractivity contribution in [3.63, 3.8) is 0 Å². The third kappa shape index (κ3) is 2.23. The van der Waals surface area contributed by atoms with Crippen molar-refractivity contribution in [2.24, 2.45) is 0 Å². The highest BCUT2D eigenvalue weighted by atomic mass is 35.7. The van der Waals surface area contributed by atoms with Gasteiger partial charge in [-0.3, -0.25) is 4.98 Å². The predicted octanol–water partition coefficient (Wildman–Crippen LogP) is 2.68. The molecule has 0 aliphatic heterocycles. The molecule has 0 bridgehead atoms. The molecule has 16 heavy (non-hydrogen) atoms. The van der Waals surface area contributed by atoms with Gasteiger partial charge in [-0.05, 0) is 11.6 Å². The van der Waals surface area contributed by atoms with E-state index in [1.54, 1.807) is 6.07 Å². The summed E-state index contributed by atoms with van der Waals surface area (Å²) in [6.45, 7) is 0. The van der Waals surface area contributed by atoms with Gasteiger partial charge in [0.15, 0.2) is 0 Å². The Labute approximate surface area is 98.1 Å². The third-order valence-electron chi connectivity index (χ3n) is 2.13. The molecule has 1 aromatic carbocycles. The molecule has 0 spiro atoms. The molecule has 0 aliphatic rings. The molecule has 0 saturated heterocycles. The minimum atomic E-state index is -3.77. The Bertz CT molecular complexity index is 596. The lowest BCUT2D eigenvalue weighted by Gasteiger charge is -2.05. The zero-order valence-electron chi connectivity index (χ0n) is 8.17. The van der Waals surface area contributed by atoms with Crippen LogP contribution in [0.4, 0.5) is 0 Å². The fourth-order valence-electron chi connectivity index (χ4n) is 1.43. The zero-order valence-corrected chi connectivity index (χ0v) is 9.74. The van der Waals surface area contributed by atoms with Crippen LogP contribution in [0.2, 0.25) is 0 Å². The van der Waals surface area contributed by atoms with Gasteiger partial charge in [0, 0.05) is 28.6 Å². The van der Waals surface area contributed by atoms with Crippen LogP contribution >= 0.6 is 10.7 Å². The highest BCUT2D eigenvalue weighted by Crippen LogP contribution is 2.28. The van der Waals surface area contributed by atoms with Crippen LogP contribution in [0.3, 0.4) is 0 Å². The van der Waals surface area contributed by atoms with Crippen LogP contribution in [0.5, 0.6) is 0 Å². The van der Waals surface area contributed by atoms with E-state index in [1.165, 1.54) is 12.4 Å². The molecule has 2 rings (SSSR count). The molecule has 0 saturated carbocycles. The Hall–Kier alpha value is -1.39. The first kappa shape index (κ1) is 11.1. The lowest BCUT2D eigenvalue weighted by Crippen LogP contribution is -1.95. The number of pyridine rings is 1. The van der Waals surface area contributed by atoms with Crippen LogP contribution in [0.15, 0.2) is 53.7 Å². The smallest absolute Gasteiger partial charge is 0.263 e. The highest BCUT2D eigenvalue weighted by molar-refractivity contribution is 8.13. The number of hydrogen-bond acceptors (Lipinski definition) is 3. The monoisotopic (exact) mass is 253 g/mol. The topological polar surface area (TPSA) is 47.0 Å². The molecule has 3 nitrogen and oxygen atoms in total. The molecule has 0 aliphatic carbocycles. The van der Waals surface area contributed by atoms with Crippen molar-refractivity contribution < 1.29 is 8.42 Å². The number of benzene rings is 1. The van der Waals surface area contributed by atoms with Gasteiger partial charge >= 0.3 is 0 Å². The van der Waals surface area contributed by atoms with E-state index in [-0.39, 0.29) is 4.90 Å². The molecule has 1 aromatic heterocycles. The van der Waals surface area contributed by atoms with Crippen molar-refractivity contribution in [3.8, 4) is 11.1 Å². The fourth-order valence-corrected chi connectivity index (χ4v) is 2.43. The molecule has 0 unspecified atom stereocenters. The SMILES string of the molecule is O=S(=O)(Cl)c1cnccc1-c1ccccc1. The van der Waals surface area contributed by atoms with Crippen LogP contribution in [0.25, 0.3) is 11.1 Å². The first-order valence-corrected chi connectivity index (χ1v) is 6.84. The fraction of sp³-hybridized carbons (Fsp3) is 0. The van der Waals surface area contributed by atoms with Crippen LogP contribution in [0, 0.1) is 0 Å². The summed E-state index contributed by atoms with van der Waals surface area (Å²) in [4.78, 5) is 3.80. The normalized spacial score (nSPS) is 11.3. The van der Waals surface area contributed by atoms with Crippen LogP contribution < -0.4 is 0 Å². The zero-order chi connectivity index (χ0) is 11.6. The van der Waals surface area contributed by atoms with Gasteiger partial charge in [0.2, 0.25) is 0 Å². The van der Waals surface area contributed by atoms with Crippen molar-refractivity contribution >= 4 is 19.7 Å². The standard InChI is InChI=1S/C11H8ClNO2S/c12-16(14,15)11-8-13-7-6-10(11)9-4-2-1-3-5-9/h1-8H. The number of aromatic nitrogens is 1. The summed E-state index contributed by atoms with van der Waals surface area (Å²) >= 11 is 0. The molecular weight excluding hydrogens is 246 g/mol. The summed E-state index contributed by atoms with van der Waals surface area (Å²) in [6, 6.07) is 10.8. The Balaban J connectivity index is 2.68.